The lowest BCUT2D eigenvalue weighted by Crippen LogP contribution is -2.33. The van der Waals surface area contributed by atoms with E-state index in [1.807, 2.05) is 48.2 Å². The highest BCUT2D eigenvalue weighted by Gasteiger charge is 2.22. The third-order valence-electron chi connectivity index (χ3n) is 4.84. The van der Waals surface area contributed by atoms with Crippen molar-refractivity contribution in [2.75, 3.05) is 32.1 Å². The number of hydrogen-bond donors (Lipinski definition) is 0. The van der Waals surface area contributed by atoms with E-state index in [0.29, 0.717) is 5.56 Å². The van der Waals surface area contributed by atoms with Crippen molar-refractivity contribution in [3.8, 4) is 11.3 Å². The van der Waals surface area contributed by atoms with E-state index >= 15 is 0 Å². The number of aryl methyl sites for hydroxylation is 1. The van der Waals surface area contributed by atoms with E-state index in [1.54, 1.807) is 0 Å². The first-order valence-electron chi connectivity index (χ1n) is 9.11. The highest BCUT2D eigenvalue weighted by atomic mass is 16.2. The Kier molecular flexibility index (Phi) is 5.37. The van der Waals surface area contributed by atoms with Gasteiger partial charge < -0.3 is 9.80 Å². The molecule has 4 nitrogen and oxygen atoms in total. The van der Waals surface area contributed by atoms with Gasteiger partial charge in [-0.25, -0.2) is 4.98 Å². The molecule has 1 saturated heterocycles. The van der Waals surface area contributed by atoms with Gasteiger partial charge in [0.2, 0.25) is 0 Å². The summed E-state index contributed by atoms with van der Waals surface area (Å²) in [6.45, 7) is 3.79. The number of carbonyl (C=O) groups is 1. The van der Waals surface area contributed by atoms with Crippen molar-refractivity contribution >= 4 is 11.7 Å². The maximum atomic E-state index is 13.1. The van der Waals surface area contributed by atoms with E-state index in [-0.39, 0.29) is 5.91 Å². The summed E-state index contributed by atoms with van der Waals surface area (Å²) < 4.78 is 0. The molecule has 0 unspecified atom stereocenters. The smallest absolute Gasteiger partial charge is 0.257 e. The predicted octanol–water partition coefficient (Wildman–Crippen LogP) is 4.14. The van der Waals surface area contributed by atoms with Crippen LogP contribution in [0, 0.1) is 6.92 Å². The van der Waals surface area contributed by atoms with Crippen molar-refractivity contribution in [3.63, 3.8) is 0 Å². The van der Waals surface area contributed by atoms with Crippen LogP contribution in [0.5, 0.6) is 0 Å². The van der Waals surface area contributed by atoms with Crippen LogP contribution in [0.4, 0.5) is 5.82 Å². The fourth-order valence-corrected chi connectivity index (χ4v) is 3.41. The standard InChI is InChI=1S/C21H27N3O/c1-16-10-6-7-11-17(16)19-13-12-18(20(22-19)23(2)3)21(25)24-14-8-4-5-9-15-24/h6-7,10-13H,4-5,8-9,14-15H2,1-3H3. The number of carbonyl (C=O) groups excluding carboxylic acids is 1. The van der Waals surface area contributed by atoms with E-state index in [4.69, 9.17) is 4.98 Å². The van der Waals surface area contributed by atoms with E-state index in [1.165, 1.54) is 18.4 Å². The minimum atomic E-state index is 0.106. The third-order valence-corrected chi connectivity index (χ3v) is 4.84. The van der Waals surface area contributed by atoms with Crippen LogP contribution in [0.1, 0.15) is 41.6 Å². The second-order valence-electron chi connectivity index (χ2n) is 6.98. The number of rotatable bonds is 3. The Morgan fingerprint density at radius 3 is 2.32 bits per heavy atom. The fourth-order valence-electron chi connectivity index (χ4n) is 3.41. The maximum Gasteiger partial charge on any atom is 0.257 e. The molecule has 1 amide bonds. The number of nitrogens with zero attached hydrogens (tertiary/aromatic N) is 3. The van der Waals surface area contributed by atoms with Gasteiger partial charge in [0.25, 0.3) is 5.91 Å². The summed E-state index contributed by atoms with van der Waals surface area (Å²) >= 11 is 0. The first-order valence-corrected chi connectivity index (χ1v) is 9.11. The van der Waals surface area contributed by atoms with Gasteiger partial charge >= 0.3 is 0 Å². The van der Waals surface area contributed by atoms with Gasteiger partial charge in [-0.1, -0.05) is 37.1 Å². The van der Waals surface area contributed by atoms with Crippen molar-refractivity contribution < 1.29 is 4.79 Å². The zero-order valence-electron chi connectivity index (χ0n) is 15.5. The zero-order valence-corrected chi connectivity index (χ0v) is 15.5. The Bertz CT molecular complexity index is 747. The second-order valence-corrected chi connectivity index (χ2v) is 6.98. The molecule has 0 aliphatic carbocycles. The molecule has 0 bridgehead atoms. The van der Waals surface area contributed by atoms with Gasteiger partial charge in [-0.15, -0.1) is 0 Å². The van der Waals surface area contributed by atoms with Crippen LogP contribution in [0.25, 0.3) is 11.3 Å². The predicted molar refractivity (Wildman–Crippen MR) is 103 cm³/mol. The Labute approximate surface area is 150 Å². The number of aromatic nitrogens is 1. The monoisotopic (exact) mass is 337 g/mol. The molecule has 132 valence electrons. The van der Waals surface area contributed by atoms with Gasteiger partial charge in [-0.05, 0) is 37.5 Å². The molecule has 1 aromatic heterocycles. The van der Waals surface area contributed by atoms with Crippen LogP contribution >= 0.6 is 0 Å². The lowest BCUT2D eigenvalue weighted by molar-refractivity contribution is 0.0762. The molecule has 1 aliphatic rings. The van der Waals surface area contributed by atoms with Gasteiger partial charge in [0.05, 0.1) is 11.3 Å². The highest BCUT2D eigenvalue weighted by molar-refractivity contribution is 5.99. The molecule has 0 N–H and O–H groups in total. The average molecular weight is 337 g/mol. The van der Waals surface area contributed by atoms with Crippen LogP contribution in [-0.4, -0.2) is 43.0 Å². The molecule has 1 aromatic carbocycles. The van der Waals surface area contributed by atoms with Crippen molar-refractivity contribution in [1.82, 2.24) is 9.88 Å². The summed E-state index contributed by atoms with van der Waals surface area (Å²) in [6.07, 6.45) is 4.62. The summed E-state index contributed by atoms with van der Waals surface area (Å²) in [4.78, 5) is 21.8. The van der Waals surface area contributed by atoms with E-state index in [0.717, 1.165) is 43.0 Å². The first-order chi connectivity index (χ1) is 12.1. The molecular weight excluding hydrogens is 310 g/mol. The molecular formula is C21H27N3O. The quantitative estimate of drug-likeness (QED) is 0.844. The lowest BCUT2D eigenvalue weighted by Gasteiger charge is -2.24. The summed E-state index contributed by atoms with van der Waals surface area (Å²) in [5.74, 6) is 0.851. The molecule has 2 aromatic rings. The topological polar surface area (TPSA) is 36.4 Å². The molecule has 1 fully saturated rings. The van der Waals surface area contributed by atoms with Crippen LogP contribution in [0.3, 0.4) is 0 Å². The fraction of sp³-hybridized carbons (Fsp3) is 0.429. The third kappa shape index (κ3) is 3.84. The molecule has 25 heavy (non-hydrogen) atoms. The number of pyridine rings is 1. The van der Waals surface area contributed by atoms with Crippen molar-refractivity contribution in [3.05, 3.63) is 47.5 Å². The number of likely N-dealkylation sites (tertiary alicyclic amines) is 1. The van der Waals surface area contributed by atoms with E-state index in [9.17, 15) is 4.79 Å². The minimum Gasteiger partial charge on any atom is -0.362 e. The van der Waals surface area contributed by atoms with Crippen LogP contribution in [0.2, 0.25) is 0 Å². The summed E-state index contributed by atoms with van der Waals surface area (Å²) in [5, 5.41) is 0. The Morgan fingerprint density at radius 1 is 1.00 bits per heavy atom. The largest absolute Gasteiger partial charge is 0.362 e. The normalized spacial score (nSPS) is 14.9. The van der Waals surface area contributed by atoms with Crippen LogP contribution in [-0.2, 0) is 0 Å². The second kappa shape index (κ2) is 7.68. The van der Waals surface area contributed by atoms with E-state index in [2.05, 4.69) is 19.1 Å². The van der Waals surface area contributed by atoms with Gasteiger partial charge in [0, 0.05) is 32.7 Å². The van der Waals surface area contributed by atoms with Crippen molar-refractivity contribution in [2.24, 2.45) is 0 Å². The molecule has 0 atom stereocenters. The summed E-state index contributed by atoms with van der Waals surface area (Å²) in [5.41, 5.74) is 3.91. The average Bonchev–Trinajstić information content (AvgIpc) is 2.90. The van der Waals surface area contributed by atoms with Crippen LogP contribution in [0.15, 0.2) is 36.4 Å². The molecule has 2 heterocycles. The van der Waals surface area contributed by atoms with Gasteiger partial charge in [-0.3, -0.25) is 4.79 Å². The Hall–Kier alpha value is -2.36. The van der Waals surface area contributed by atoms with Gasteiger partial charge in [0.1, 0.15) is 5.82 Å². The highest BCUT2D eigenvalue weighted by Crippen LogP contribution is 2.27. The van der Waals surface area contributed by atoms with Gasteiger partial charge in [-0.2, -0.15) is 0 Å². The minimum absolute atomic E-state index is 0.106. The van der Waals surface area contributed by atoms with Crippen LogP contribution < -0.4 is 4.90 Å². The van der Waals surface area contributed by atoms with Crippen molar-refractivity contribution in [1.29, 1.82) is 0 Å². The van der Waals surface area contributed by atoms with Crippen molar-refractivity contribution in [2.45, 2.75) is 32.6 Å². The number of hydrogen-bond acceptors (Lipinski definition) is 3. The summed E-state index contributed by atoms with van der Waals surface area (Å²) in [6, 6.07) is 12.1. The number of amides is 1. The molecule has 3 rings (SSSR count). The molecule has 0 radical (unpaired) electrons. The first kappa shape index (κ1) is 17.5. The number of anilines is 1. The Balaban J connectivity index is 1.97. The van der Waals surface area contributed by atoms with E-state index < -0.39 is 0 Å². The number of benzene rings is 1. The molecule has 0 spiro atoms. The molecule has 1 aliphatic heterocycles. The molecule has 0 saturated carbocycles. The zero-order chi connectivity index (χ0) is 17.8. The summed E-state index contributed by atoms with van der Waals surface area (Å²) in [7, 11) is 3.90. The maximum absolute atomic E-state index is 13.1. The van der Waals surface area contributed by atoms with Gasteiger partial charge in [0.15, 0.2) is 0 Å². The lowest BCUT2D eigenvalue weighted by atomic mass is 10.0. The molecule has 4 heteroatoms. The Morgan fingerprint density at radius 2 is 1.68 bits per heavy atom. The SMILES string of the molecule is Cc1ccccc1-c1ccc(C(=O)N2CCCCCC2)c(N(C)C)n1.